The van der Waals surface area contributed by atoms with E-state index < -0.39 is 10.8 Å². The van der Waals surface area contributed by atoms with Crippen LogP contribution in [-0.4, -0.2) is 20.4 Å². The molecular formula is C64H50O4. The predicted octanol–water partition coefficient (Wildman–Crippen LogP) is 15.6. The van der Waals surface area contributed by atoms with Gasteiger partial charge >= 0.3 is 0 Å². The van der Waals surface area contributed by atoms with Gasteiger partial charge in [-0.3, -0.25) is 0 Å². The highest BCUT2D eigenvalue weighted by atomic mass is 16.3. The summed E-state index contributed by atoms with van der Waals surface area (Å²) in [7, 11) is 0. The van der Waals surface area contributed by atoms with E-state index in [4.69, 9.17) is 0 Å². The highest BCUT2D eigenvalue weighted by Gasteiger charge is 2.35. The van der Waals surface area contributed by atoms with Gasteiger partial charge in [-0.25, -0.2) is 0 Å². The van der Waals surface area contributed by atoms with E-state index >= 15 is 0 Å². The van der Waals surface area contributed by atoms with Crippen molar-refractivity contribution in [2.24, 2.45) is 0 Å². The van der Waals surface area contributed by atoms with Crippen LogP contribution in [0.5, 0.6) is 23.0 Å². The molecule has 4 nitrogen and oxygen atoms in total. The first-order chi connectivity index (χ1) is 33.1. The van der Waals surface area contributed by atoms with Crippen LogP contribution in [0.2, 0.25) is 0 Å². The third kappa shape index (κ3) is 7.97. The lowest BCUT2D eigenvalue weighted by atomic mass is 9.69. The number of hydrogen-bond acceptors (Lipinski definition) is 4. The van der Waals surface area contributed by atoms with Crippen molar-refractivity contribution in [2.45, 2.75) is 24.7 Å². The van der Waals surface area contributed by atoms with Gasteiger partial charge in [0.2, 0.25) is 0 Å². The smallest absolute Gasteiger partial charge is 0.123 e. The molecule has 4 N–H and O–H groups in total. The summed E-state index contributed by atoms with van der Waals surface area (Å²) >= 11 is 0. The van der Waals surface area contributed by atoms with Crippen LogP contribution in [0.1, 0.15) is 47.2 Å². The number of aromatic hydroxyl groups is 4. The van der Waals surface area contributed by atoms with Gasteiger partial charge in [0.05, 0.1) is 0 Å². The van der Waals surface area contributed by atoms with Crippen molar-refractivity contribution >= 4 is 0 Å². The molecule has 4 heteroatoms. The van der Waals surface area contributed by atoms with Gasteiger partial charge in [-0.1, -0.05) is 194 Å². The molecule has 0 bridgehead atoms. The minimum absolute atomic E-state index is 0.206. The fourth-order valence-electron chi connectivity index (χ4n) is 9.78. The lowest BCUT2D eigenvalue weighted by molar-refractivity contribution is 0.475. The zero-order chi connectivity index (χ0) is 46.8. The third-order valence-corrected chi connectivity index (χ3v) is 13.9. The van der Waals surface area contributed by atoms with Gasteiger partial charge in [0.25, 0.3) is 0 Å². The molecular weight excluding hydrogens is 833 g/mol. The largest absolute Gasteiger partial charge is 0.507 e. The Balaban J connectivity index is 1.07. The molecule has 68 heavy (non-hydrogen) atoms. The lowest BCUT2D eigenvalue weighted by Gasteiger charge is -2.33. The molecule has 330 valence electrons. The van der Waals surface area contributed by atoms with Gasteiger partial charge < -0.3 is 20.4 Å². The zero-order valence-corrected chi connectivity index (χ0v) is 37.9. The molecule has 0 saturated carbocycles. The van der Waals surface area contributed by atoms with Crippen LogP contribution in [0, 0.1) is 0 Å². The van der Waals surface area contributed by atoms with Crippen LogP contribution in [0.15, 0.2) is 243 Å². The summed E-state index contributed by atoms with van der Waals surface area (Å²) in [5.41, 5.74) is 13.4. The van der Waals surface area contributed by atoms with E-state index in [2.05, 4.69) is 86.6 Å². The number of hydrogen-bond donors (Lipinski definition) is 4. The first-order valence-corrected chi connectivity index (χ1v) is 22.9. The van der Waals surface area contributed by atoms with Crippen molar-refractivity contribution in [3.63, 3.8) is 0 Å². The number of rotatable bonds is 11. The zero-order valence-electron chi connectivity index (χ0n) is 37.9. The molecule has 0 aliphatic heterocycles. The van der Waals surface area contributed by atoms with Gasteiger partial charge in [-0.2, -0.15) is 0 Å². The van der Waals surface area contributed by atoms with Gasteiger partial charge in [0, 0.05) is 33.1 Å². The van der Waals surface area contributed by atoms with Gasteiger partial charge in [-0.05, 0) is 129 Å². The normalized spacial score (nSPS) is 11.6. The fraction of sp³-hybridized carbons (Fsp3) is 0.0625. The fourth-order valence-corrected chi connectivity index (χ4v) is 9.78. The first kappa shape index (κ1) is 43.3. The summed E-state index contributed by atoms with van der Waals surface area (Å²) in [6.07, 6.45) is 0. The quantitative estimate of drug-likeness (QED) is 0.0976. The molecule has 0 aromatic heterocycles. The lowest BCUT2D eigenvalue weighted by Crippen LogP contribution is -2.25. The average molecular weight is 883 g/mol. The molecule has 10 aromatic rings. The van der Waals surface area contributed by atoms with Crippen LogP contribution < -0.4 is 0 Å². The Hall–Kier alpha value is -8.60. The van der Waals surface area contributed by atoms with Crippen LogP contribution in [0.3, 0.4) is 0 Å². The molecule has 0 aliphatic carbocycles. The molecule has 0 radical (unpaired) electrons. The van der Waals surface area contributed by atoms with E-state index in [9.17, 15) is 20.4 Å². The SMILES string of the molecule is CC(c1ccc(-c2ccc(C(C)(c3ccc(O)c(-c4ccccc4)c3)c3ccc(O)c(-c4ccccc4)c3)cc2)cc1)(c1ccc(O)c(-c2ccccc2)c1)c1ccc(O)c(-c2ccccc2)c1. The number of phenolic OH excluding ortho intramolecular Hbond substituents is 4. The van der Waals surface area contributed by atoms with Crippen molar-refractivity contribution < 1.29 is 20.4 Å². The number of benzene rings is 10. The maximum Gasteiger partial charge on any atom is 0.123 e. The number of phenols is 4. The van der Waals surface area contributed by atoms with Crippen molar-refractivity contribution in [3.05, 3.63) is 276 Å². The maximum absolute atomic E-state index is 11.2. The topological polar surface area (TPSA) is 80.9 Å². The van der Waals surface area contributed by atoms with E-state index in [0.29, 0.717) is 0 Å². The Kier molecular flexibility index (Phi) is 11.5. The summed E-state index contributed by atoms with van der Waals surface area (Å²) < 4.78 is 0. The van der Waals surface area contributed by atoms with Crippen LogP contribution >= 0.6 is 0 Å². The highest BCUT2D eigenvalue weighted by molar-refractivity contribution is 5.77. The molecule has 0 fully saturated rings. The molecule has 0 aliphatic rings. The molecule has 0 amide bonds. The summed E-state index contributed by atoms with van der Waals surface area (Å²) in [6, 6.07) is 80.5. The maximum atomic E-state index is 11.2. The minimum atomic E-state index is -0.704. The Morgan fingerprint density at radius 3 is 0.647 bits per heavy atom. The van der Waals surface area contributed by atoms with Crippen LogP contribution in [0.4, 0.5) is 0 Å². The summed E-state index contributed by atoms with van der Waals surface area (Å²) in [5, 5.41) is 44.7. The Morgan fingerprint density at radius 2 is 0.426 bits per heavy atom. The third-order valence-electron chi connectivity index (χ3n) is 13.9. The molecule has 10 aromatic carbocycles. The molecule has 0 spiro atoms. The van der Waals surface area contributed by atoms with E-state index in [1.807, 2.05) is 146 Å². The molecule has 0 saturated heterocycles. The predicted molar refractivity (Wildman–Crippen MR) is 277 cm³/mol. The molecule has 0 atom stereocenters. The highest BCUT2D eigenvalue weighted by Crippen LogP contribution is 2.47. The second kappa shape index (κ2) is 18.0. The second-order valence-electron chi connectivity index (χ2n) is 17.8. The van der Waals surface area contributed by atoms with Crippen LogP contribution in [-0.2, 0) is 10.8 Å². The second-order valence-corrected chi connectivity index (χ2v) is 17.8. The monoisotopic (exact) mass is 882 g/mol. The van der Waals surface area contributed by atoms with Crippen molar-refractivity contribution in [3.8, 4) is 78.6 Å². The van der Waals surface area contributed by atoms with E-state index in [1.54, 1.807) is 24.3 Å². The first-order valence-electron chi connectivity index (χ1n) is 22.9. The Morgan fingerprint density at radius 1 is 0.221 bits per heavy atom. The van der Waals surface area contributed by atoms with E-state index in [1.165, 1.54) is 0 Å². The summed E-state index contributed by atoms with van der Waals surface area (Å²) in [4.78, 5) is 0. The van der Waals surface area contributed by atoms with E-state index in [-0.39, 0.29) is 23.0 Å². The van der Waals surface area contributed by atoms with Crippen LogP contribution in [0.25, 0.3) is 55.6 Å². The Bertz CT molecular complexity index is 2960. The van der Waals surface area contributed by atoms with Gasteiger partial charge in [-0.15, -0.1) is 0 Å². The van der Waals surface area contributed by atoms with Gasteiger partial charge in [0.15, 0.2) is 0 Å². The Labute approximate surface area is 398 Å². The summed E-state index contributed by atoms with van der Waals surface area (Å²) in [6.45, 7) is 4.41. The molecule has 0 heterocycles. The summed E-state index contributed by atoms with van der Waals surface area (Å²) in [5.74, 6) is 0.822. The standard InChI is InChI=1S/C64H50O4/c1-63(51-31-35-59(65)55(39-51)45-15-7-3-8-16-45,52-32-36-60(66)56(40-52)46-17-9-4-10-18-46)49-27-23-43(24-28-49)44-25-29-50(30-26-44)64(2,53-33-37-61(67)57(41-53)47-19-11-5-12-20-47)54-34-38-62(68)58(42-54)48-21-13-6-14-22-48/h3-42,65-68H,1-2H3. The van der Waals surface area contributed by atoms with Crippen molar-refractivity contribution in [2.75, 3.05) is 0 Å². The molecule has 10 rings (SSSR count). The van der Waals surface area contributed by atoms with Crippen molar-refractivity contribution in [1.82, 2.24) is 0 Å². The minimum Gasteiger partial charge on any atom is -0.507 e. The van der Waals surface area contributed by atoms with Gasteiger partial charge in [0.1, 0.15) is 23.0 Å². The van der Waals surface area contributed by atoms with Crippen molar-refractivity contribution in [1.29, 1.82) is 0 Å². The van der Waals surface area contributed by atoms with E-state index in [0.717, 1.165) is 89.0 Å². The molecule has 0 unspecified atom stereocenters. The average Bonchev–Trinajstić information content (AvgIpc) is 3.40.